The molecule has 84 valence electrons. The predicted octanol–water partition coefficient (Wildman–Crippen LogP) is 3.22. The highest BCUT2D eigenvalue weighted by Gasteiger charge is 2.21. The van der Waals surface area contributed by atoms with Crippen LogP contribution < -0.4 is 0 Å². The third kappa shape index (κ3) is 2.21. The van der Waals surface area contributed by atoms with Crippen molar-refractivity contribution in [2.45, 2.75) is 64.8 Å². The summed E-state index contributed by atoms with van der Waals surface area (Å²) in [7, 11) is 0. The third-order valence-electron chi connectivity index (χ3n) is 3.20. The van der Waals surface area contributed by atoms with E-state index in [2.05, 4.69) is 28.6 Å². The van der Waals surface area contributed by atoms with Crippen molar-refractivity contribution in [3.8, 4) is 0 Å². The molecule has 0 atom stereocenters. The number of aromatic nitrogens is 3. The van der Waals surface area contributed by atoms with Crippen molar-refractivity contribution >= 4 is 0 Å². The van der Waals surface area contributed by atoms with E-state index in [9.17, 15) is 0 Å². The van der Waals surface area contributed by atoms with Gasteiger partial charge in [-0.15, -0.1) is 0 Å². The lowest BCUT2D eigenvalue weighted by atomic mass is 9.95. The van der Waals surface area contributed by atoms with E-state index in [0.29, 0.717) is 12.0 Å². The summed E-state index contributed by atoms with van der Waals surface area (Å²) in [6, 6.07) is 0.609. The highest BCUT2D eigenvalue weighted by molar-refractivity contribution is 4.98. The molecule has 0 aromatic carbocycles. The zero-order valence-corrected chi connectivity index (χ0v) is 10.0. The molecule has 3 nitrogen and oxygen atoms in total. The minimum Gasteiger partial charge on any atom is -0.247 e. The van der Waals surface area contributed by atoms with Gasteiger partial charge in [-0.1, -0.05) is 33.1 Å². The molecule has 2 rings (SSSR count). The Morgan fingerprint density at radius 1 is 1.20 bits per heavy atom. The maximum atomic E-state index is 4.56. The molecular weight excluding hydrogens is 186 g/mol. The maximum absolute atomic E-state index is 4.56. The minimum atomic E-state index is 0.480. The van der Waals surface area contributed by atoms with Crippen molar-refractivity contribution < 1.29 is 0 Å². The van der Waals surface area contributed by atoms with E-state index >= 15 is 0 Å². The van der Waals surface area contributed by atoms with Crippen LogP contribution in [0.3, 0.4) is 0 Å². The van der Waals surface area contributed by atoms with Crippen molar-refractivity contribution in [2.24, 2.45) is 0 Å². The zero-order valence-electron chi connectivity index (χ0n) is 10.0. The fourth-order valence-electron chi connectivity index (χ4n) is 2.43. The third-order valence-corrected chi connectivity index (χ3v) is 3.20. The second kappa shape index (κ2) is 4.33. The average Bonchev–Trinajstić information content (AvgIpc) is 2.62. The molecule has 15 heavy (non-hydrogen) atoms. The monoisotopic (exact) mass is 207 g/mol. The Bertz CT molecular complexity index is 322. The van der Waals surface area contributed by atoms with E-state index in [1.807, 2.05) is 6.92 Å². The molecule has 0 radical (unpaired) electrons. The van der Waals surface area contributed by atoms with Gasteiger partial charge in [0.05, 0.1) is 6.04 Å². The van der Waals surface area contributed by atoms with Crippen molar-refractivity contribution in [2.75, 3.05) is 0 Å². The van der Waals surface area contributed by atoms with Crippen LogP contribution in [-0.4, -0.2) is 14.8 Å². The Kier molecular flexibility index (Phi) is 3.08. The van der Waals surface area contributed by atoms with Crippen LogP contribution in [0.15, 0.2) is 0 Å². The fraction of sp³-hybridized carbons (Fsp3) is 0.833. The summed E-state index contributed by atoms with van der Waals surface area (Å²) < 4.78 is 2.19. The fourth-order valence-corrected chi connectivity index (χ4v) is 2.43. The quantitative estimate of drug-likeness (QED) is 0.745. The molecule has 0 spiro atoms. The first-order chi connectivity index (χ1) is 7.18. The highest BCUT2D eigenvalue weighted by atomic mass is 15.4. The van der Waals surface area contributed by atoms with Crippen molar-refractivity contribution in [3.05, 3.63) is 11.6 Å². The van der Waals surface area contributed by atoms with Gasteiger partial charge in [0.15, 0.2) is 0 Å². The van der Waals surface area contributed by atoms with Gasteiger partial charge in [0.25, 0.3) is 0 Å². The Hall–Kier alpha value is -0.860. The first-order valence-electron chi connectivity index (χ1n) is 6.11. The topological polar surface area (TPSA) is 30.7 Å². The molecule has 1 fully saturated rings. The van der Waals surface area contributed by atoms with Crippen LogP contribution in [0.5, 0.6) is 0 Å². The molecule has 1 saturated carbocycles. The summed E-state index contributed by atoms with van der Waals surface area (Å²) in [4.78, 5) is 4.54. The summed E-state index contributed by atoms with van der Waals surface area (Å²) >= 11 is 0. The lowest BCUT2D eigenvalue weighted by Crippen LogP contribution is -2.17. The molecule has 0 aliphatic heterocycles. The second-order valence-electron chi connectivity index (χ2n) is 4.91. The maximum Gasteiger partial charge on any atom is 0.147 e. The van der Waals surface area contributed by atoms with Gasteiger partial charge >= 0.3 is 0 Å². The lowest BCUT2D eigenvalue weighted by Gasteiger charge is -2.23. The van der Waals surface area contributed by atoms with Crippen LogP contribution in [0.2, 0.25) is 0 Å². The van der Waals surface area contributed by atoms with E-state index in [4.69, 9.17) is 0 Å². The highest BCUT2D eigenvalue weighted by Crippen LogP contribution is 2.29. The van der Waals surface area contributed by atoms with Gasteiger partial charge < -0.3 is 0 Å². The van der Waals surface area contributed by atoms with Crippen molar-refractivity contribution in [3.63, 3.8) is 0 Å². The Balaban J connectivity index is 2.25. The Labute approximate surface area is 91.9 Å². The number of hydrogen-bond acceptors (Lipinski definition) is 2. The van der Waals surface area contributed by atoms with E-state index in [1.54, 1.807) is 0 Å². The average molecular weight is 207 g/mol. The van der Waals surface area contributed by atoms with Gasteiger partial charge in [-0.05, 0) is 19.8 Å². The number of aryl methyl sites for hydroxylation is 1. The smallest absolute Gasteiger partial charge is 0.147 e. The molecule has 0 unspecified atom stereocenters. The lowest BCUT2D eigenvalue weighted by molar-refractivity contribution is 0.317. The number of nitrogens with zero attached hydrogens (tertiary/aromatic N) is 3. The van der Waals surface area contributed by atoms with E-state index in [1.165, 1.54) is 37.9 Å². The minimum absolute atomic E-state index is 0.480. The SMILES string of the molecule is Cc1nc(C(C)C)n(C2CCCCC2)n1. The molecule has 1 aliphatic rings. The largest absolute Gasteiger partial charge is 0.247 e. The molecule has 1 heterocycles. The molecule has 0 bridgehead atoms. The summed E-state index contributed by atoms with van der Waals surface area (Å²) in [5.41, 5.74) is 0. The van der Waals surface area contributed by atoms with Crippen LogP contribution in [-0.2, 0) is 0 Å². The van der Waals surface area contributed by atoms with Gasteiger partial charge in [0, 0.05) is 5.92 Å². The molecule has 1 aromatic rings. The predicted molar refractivity (Wildman–Crippen MR) is 61.0 cm³/mol. The van der Waals surface area contributed by atoms with Crippen molar-refractivity contribution in [1.29, 1.82) is 0 Å². The molecule has 3 heteroatoms. The summed E-state index contributed by atoms with van der Waals surface area (Å²) in [6.45, 7) is 6.39. The van der Waals surface area contributed by atoms with Gasteiger partial charge in [-0.3, -0.25) is 0 Å². The van der Waals surface area contributed by atoms with Crippen LogP contribution in [0, 0.1) is 6.92 Å². The van der Waals surface area contributed by atoms with E-state index in [-0.39, 0.29) is 0 Å². The molecule has 0 amide bonds. The normalized spacial score (nSPS) is 18.7. The number of hydrogen-bond donors (Lipinski definition) is 0. The van der Waals surface area contributed by atoms with Crippen molar-refractivity contribution in [1.82, 2.24) is 14.8 Å². The van der Waals surface area contributed by atoms with E-state index in [0.717, 1.165) is 5.82 Å². The summed E-state index contributed by atoms with van der Waals surface area (Å²) in [5, 5.41) is 4.56. The Morgan fingerprint density at radius 3 is 2.47 bits per heavy atom. The second-order valence-corrected chi connectivity index (χ2v) is 4.91. The number of rotatable bonds is 2. The Morgan fingerprint density at radius 2 is 1.87 bits per heavy atom. The van der Waals surface area contributed by atoms with Gasteiger partial charge in [-0.2, -0.15) is 5.10 Å². The molecular formula is C12H21N3. The van der Waals surface area contributed by atoms with Crippen LogP contribution >= 0.6 is 0 Å². The zero-order chi connectivity index (χ0) is 10.8. The summed E-state index contributed by atoms with van der Waals surface area (Å²) in [6.07, 6.45) is 6.65. The standard InChI is InChI=1S/C12H21N3/c1-9(2)12-13-10(3)14-15(12)11-7-5-4-6-8-11/h9,11H,4-8H2,1-3H3. The van der Waals surface area contributed by atoms with E-state index < -0.39 is 0 Å². The van der Waals surface area contributed by atoms with Crippen LogP contribution in [0.1, 0.15) is 69.6 Å². The van der Waals surface area contributed by atoms with Gasteiger partial charge in [0.1, 0.15) is 11.6 Å². The van der Waals surface area contributed by atoms with Gasteiger partial charge in [0.2, 0.25) is 0 Å². The van der Waals surface area contributed by atoms with Gasteiger partial charge in [-0.25, -0.2) is 9.67 Å². The molecule has 1 aliphatic carbocycles. The van der Waals surface area contributed by atoms with Crippen LogP contribution in [0.4, 0.5) is 0 Å². The first kappa shape index (κ1) is 10.7. The van der Waals surface area contributed by atoms with Crippen LogP contribution in [0.25, 0.3) is 0 Å². The summed E-state index contributed by atoms with van der Waals surface area (Å²) in [5.74, 6) is 2.57. The molecule has 1 aromatic heterocycles. The first-order valence-corrected chi connectivity index (χ1v) is 6.11. The molecule has 0 saturated heterocycles. The molecule has 0 N–H and O–H groups in total.